The highest BCUT2D eigenvalue weighted by Crippen LogP contribution is 2.14. The Morgan fingerprint density at radius 2 is 1.41 bits per heavy atom. The van der Waals surface area contributed by atoms with Crippen molar-refractivity contribution in [3.63, 3.8) is 0 Å². The lowest BCUT2D eigenvalue weighted by atomic mass is 10.4. The van der Waals surface area contributed by atoms with Crippen LogP contribution in [-0.4, -0.2) is 24.5 Å². The van der Waals surface area contributed by atoms with Crippen LogP contribution in [0.5, 0.6) is 0 Å². The molecular formula is C11H8IN5. The monoisotopic (exact) mass is 337 g/mol. The Labute approximate surface area is 111 Å². The van der Waals surface area contributed by atoms with Crippen LogP contribution in [0.2, 0.25) is 0 Å². The second-order valence-corrected chi connectivity index (χ2v) is 4.65. The van der Waals surface area contributed by atoms with Crippen LogP contribution < -0.4 is 0 Å². The number of aromatic nitrogens is 5. The van der Waals surface area contributed by atoms with E-state index in [1.165, 1.54) is 0 Å². The maximum atomic E-state index is 4.51. The van der Waals surface area contributed by atoms with Gasteiger partial charge in [-0.3, -0.25) is 0 Å². The van der Waals surface area contributed by atoms with Gasteiger partial charge in [-0.15, -0.1) is 0 Å². The largest absolute Gasteiger partial charge is 0.223 e. The van der Waals surface area contributed by atoms with E-state index >= 15 is 0 Å². The number of hydrogen-bond acceptors (Lipinski definition) is 3. The van der Waals surface area contributed by atoms with Crippen molar-refractivity contribution in [1.29, 1.82) is 0 Å². The van der Waals surface area contributed by atoms with Crippen molar-refractivity contribution < 1.29 is 0 Å². The molecule has 0 atom stereocenters. The molecule has 0 amide bonds. The molecule has 0 unspecified atom stereocenters. The lowest BCUT2D eigenvalue weighted by Crippen LogP contribution is -2.04. The molecule has 0 fully saturated rings. The van der Waals surface area contributed by atoms with Crippen LogP contribution in [-0.2, 0) is 0 Å². The molecule has 0 radical (unpaired) electrons. The van der Waals surface area contributed by atoms with Crippen molar-refractivity contribution in [2.45, 2.75) is 0 Å². The van der Waals surface area contributed by atoms with Gasteiger partial charge in [-0.25, -0.2) is 14.3 Å². The number of pyridine rings is 1. The highest BCUT2D eigenvalue weighted by molar-refractivity contribution is 14.1. The first-order valence-electron chi connectivity index (χ1n) is 5.00. The molecule has 3 aromatic heterocycles. The topological polar surface area (TPSA) is 48.5 Å². The smallest absolute Gasteiger partial charge is 0.156 e. The summed E-state index contributed by atoms with van der Waals surface area (Å²) in [5, 5.41) is 8.34. The van der Waals surface area contributed by atoms with E-state index in [1.54, 1.807) is 21.8 Å². The van der Waals surface area contributed by atoms with E-state index < -0.39 is 0 Å². The van der Waals surface area contributed by atoms with Gasteiger partial charge in [-0.05, 0) is 46.9 Å². The summed E-state index contributed by atoms with van der Waals surface area (Å²) >= 11 is 2.26. The maximum absolute atomic E-state index is 4.51. The molecule has 0 aromatic carbocycles. The molecule has 17 heavy (non-hydrogen) atoms. The summed E-state index contributed by atoms with van der Waals surface area (Å²) in [5.41, 5.74) is 0. The summed E-state index contributed by atoms with van der Waals surface area (Å²) in [4.78, 5) is 4.51. The predicted octanol–water partition coefficient (Wildman–Crippen LogP) is 2.06. The van der Waals surface area contributed by atoms with E-state index in [9.17, 15) is 0 Å². The first-order chi connectivity index (χ1) is 8.33. The molecule has 0 aliphatic carbocycles. The molecule has 3 aromatic rings. The van der Waals surface area contributed by atoms with Gasteiger partial charge in [0.2, 0.25) is 0 Å². The summed E-state index contributed by atoms with van der Waals surface area (Å²) in [6.07, 6.45) is 7.20. The van der Waals surface area contributed by atoms with E-state index in [0.717, 1.165) is 15.2 Å². The van der Waals surface area contributed by atoms with Gasteiger partial charge in [-0.1, -0.05) is 0 Å². The summed E-state index contributed by atoms with van der Waals surface area (Å²) < 4.78 is 4.55. The highest BCUT2D eigenvalue weighted by Gasteiger charge is 2.05. The van der Waals surface area contributed by atoms with Crippen LogP contribution in [0.15, 0.2) is 49.1 Å². The molecule has 0 bridgehead atoms. The van der Waals surface area contributed by atoms with Gasteiger partial charge in [0.1, 0.15) is 0 Å². The zero-order chi connectivity index (χ0) is 11.7. The molecule has 3 heterocycles. The standard InChI is InChI=1S/C11H8IN5/c12-9-7-10(16-5-1-3-13-16)15-11(8-9)17-6-2-4-14-17/h1-8H. The van der Waals surface area contributed by atoms with Crippen LogP contribution in [0.1, 0.15) is 0 Å². The minimum atomic E-state index is 0.785. The fourth-order valence-corrected chi connectivity index (χ4v) is 2.07. The first kappa shape index (κ1) is 10.5. The molecule has 0 spiro atoms. The van der Waals surface area contributed by atoms with Crippen molar-refractivity contribution in [3.05, 3.63) is 52.6 Å². The zero-order valence-electron chi connectivity index (χ0n) is 8.73. The van der Waals surface area contributed by atoms with Gasteiger partial charge < -0.3 is 0 Å². The lowest BCUT2D eigenvalue weighted by molar-refractivity contribution is 0.802. The third-order valence-corrected chi connectivity index (χ3v) is 2.86. The summed E-state index contributed by atoms with van der Waals surface area (Å²) in [5.74, 6) is 1.57. The molecular weight excluding hydrogens is 329 g/mol. The summed E-state index contributed by atoms with van der Waals surface area (Å²) in [7, 11) is 0. The van der Waals surface area contributed by atoms with Crippen LogP contribution >= 0.6 is 22.6 Å². The minimum Gasteiger partial charge on any atom is -0.223 e. The average Bonchev–Trinajstić information content (AvgIpc) is 3.02. The molecule has 0 aliphatic heterocycles. The third kappa shape index (κ3) is 2.07. The average molecular weight is 337 g/mol. The zero-order valence-corrected chi connectivity index (χ0v) is 10.9. The predicted molar refractivity (Wildman–Crippen MR) is 71.2 cm³/mol. The van der Waals surface area contributed by atoms with Gasteiger partial charge in [0.25, 0.3) is 0 Å². The molecule has 0 saturated heterocycles. The second kappa shape index (κ2) is 4.28. The Balaban J connectivity index is 2.13. The summed E-state index contributed by atoms with van der Waals surface area (Å²) in [6.45, 7) is 0. The first-order valence-corrected chi connectivity index (χ1v) is 6.08. The normalized spacial score (nSPS) is 10.6. The molecule has 84 valence electrons. The van der Waals surface area contributed by atoms with Crippen molar-refractivity contribution in [2.75, 3.05) is 0 Å². The fraction of sp³-hybridized carbons (Fsp3) is 0. The van der Waals surface area contributed by atoms with Crippen molar-refractivity contribution in [1.82, 2.24) is 24.5 Å². The van der Waals surface area contributed by atoms with E-state index in [-0.39, 0.29) is 0 Å². The van der Waals surface area contributed by atoms with E-state index in [1.807, 2.05) is 36.7 Å². The van der Waals surface area contributed by atoms with Crippen LogP contribution in [0.3, 0.4) is 0 Å². The van der Waals surface area contributed by atoms with Gasteiger partial charge in [0, 0.05) is 28.4 Å². The molecule has 0 aliphatic rings. The van der Waals surface area contributed by atoms with Gasteiger partial charge in [-0.2, -0.15) is 10.2 Å². The highest BCUT2D eigenvalue weighted by atomic mass is 127. The van der Waals surface area contributed by atoms with Crippen LogP contribution in [0.25, 0.3) is 11.6 Å². The van der Waals surface area contributed by atoms with Crippen molar-refractivity contribution >= 4 is 22.6 Å². The van der Waals surface area contributed by atoms with E-state index in [0.29, 0.717) is 0 Å². The maximum Gasteiger partial charge on any atom is 0.156 e. The third-order valence-electron chi connectivity index (χ3n) is 2.24. The molecule has 3 rings (SSSR count). The SMILES string of the molecule is Ic1cc(-n2cccn2)nc(-n2cccn2)c1. The molecule has 0 N–H and O–H groups in total. The van der Waals surface area contributed by atoms with Gasteiger partial charge in [0.15, 0.2) is 11.6 Å². The van der Waals surface area contributed by atoms with Crippen molar-refractivity contribution in [2.24, 2.45) is 0 Å². The van der Waals surface area contributed by atoms with Crippen LogP contribution in [0, 0.1) is 3.57 Å². The number of nitrogens with zero attached hydrogens (tertiary/aromatic N) is 5. The summed E-state index contributed by atoms with van der Waals surface area (Å²) in [6, 6.07) is 7.69. The second-order valence-electron chi connectivity index (χ2n) is 3.40. The quantitative estimate of drug-likeness (QED) is 0.673. The minimum absolute atomic E-state index is 0.785. The Kier molecular flexibility index (Phi) is 2.63. The van der Waals surface area contributed by atoms with Crippen molar-refractivity contribution in [3.8, 4) is 11.6 Å². The number of hydrogen-bond donors (Lipinski definition) is 0. The molecule has 0 saturated carbocycles. The molecule has 6 heteroatoms. The Bertz CT molecular complexity index is 563. The molecule has 5 nitrogen and oxygen atoms in total. The Morgan fingerprint density at radius 3 is 1.82 bits per heavy atom. The van der Waals surface area contributed by atoms with E-state index in [2.05, 4.69) is 37.8 Å². The Morgan fingerprint density at radius 1 is 0.882 bits per heavy atom. The number of halogens is 1. The van der Waals surface area contributed by atoms with E-state index in [4.69, 9.17) is 0 Å². The van der Waals surface area contributed by atoms with Crippen LogP contribution in [0.4, 0.5) is 0 Å². The van der Waals surface area contributed by atoms with Gasteiger partial charge >= 0.3 is 0 Å². The fourth-order valence-electron chi connectivity index (χ4n) is 1.51. The Hall–Kier alpha value is -1.70. The number of rotatable bonds is 2. The van der Waals surface area contributed by atoms with Gasteiger partial charge in [0.05, 0.1) is 0 Å². The lowest BCUT2D eigenvalue weighted by Gasteiger charge is -2.05.